The maximum Gasteiger partial charge on any atom is 0.255 e. The van der Waals surface area contributed by atoms with Gasteiger partial charge in [0.05, 0.1) is 11.3 Å². The molecule has 2 N–H and O–H groups in total. The fourth-order valence-electron chi connectivity index (χ4n) is 2.49. The van der Waals surface area contributed by atoms with E-state index in [1.807, 2.05) is 23.9 Å². The summed E-state index contributed by atoms with van der Waals surface area (Å²) in [5.74, 6) is 1.10. The molecule has 0 unspecified atom stereocenters. The van der Waals surface area contributed by atoms with Crippen LogP contribution in [0.5, 0.6) is 0 Å². The van der Waals surface area contributed by atoms with Crippen LogP contribution < -0.4 is 10.6 Å². The lowest BCUT2D eigenvalue weighted by Crippen LogP contribution is -2.31. The Labute approximate surface area is 131 Å². The van der Waals surface area contributed by atoms with Crippen LogP contribution in [-0.4, -0.2) is 48.5 Å². The molecule has 1 aliphatic rings. The summed E-state index contributed by atoms with van der Waals surface area (Å²) < 4.78 is 0.292. The first-order chi connectivity index (χ1) is 9.80. The van der Waals surface area contributed by atoms with Crippen LogP contribution in [0.15, 0.2) is 18.2 Å². The van der Waals surface area contributed by atoms with Crippen LogP contribution in [0.2, 0.25) is 0 Å². The van der Waals surface area contributed by atoms with Gasteiger partial charge >= 0.3 is 0 Å². The minimum atomic E-state index is 0.0289. The number of amides is 1. The molecule has 0 radical (unpaired) electrons. The van der Waals surface area contributed by atoms with E-state index in [0.29, 0.717) is 10.4 Å². The van der Waals surface area contributed by atoms with Crippen molar-refractivity contribution in [1.29, 1.82) is 0 Å². The normalized spacial score (nSPS) is 18.2. The van der Waals surface area contributed by atoms with Crippen molar-refractivity contribution >= 4 is 29.0 Å². The fourth-order valence-corrected chi connectivity index (χ4v) is 3.59. The Balaban J connectivity index is 2.33. The molecule has 21 heavy (non-hydrogen) atoms. The molecular formula is C16H25N3OS. The number of benzene rings is 1. The minimum absolute atomic E-state index is 0.0289. The molecule has 0 atom stereocenters. The van der Waals surface area contributed by atoms with E-state index >= 15 is 0 Å². The van der Waals surface area contributed by atoms with Gasteiger partial charge in [0.15, 0.2) is 0 Å². The summed E-state index contributed by atoms with van der Waals surface area (Å²) in [4.78, 5) is 16.3. The number of anilines is 2. The van der Waals surface area contributed by atoms with E-state index in [1.54, 1.807) is 25.1 Å². The van der Waals surface area contributed by atoms with Crippen molar-refractivity contribution in [3.05, 3.63) is 23.8 Å². The van der Waals surface area contributed by atoms with Gasteiger partial charge < -0.3 is 15.5 Å². The molecule has 0 aromatic heterocycles. The van der Waals surface area contributed by atoms with Crippen LogP contribution in [-0.2, 0) is 0 Å². The highest BCUT2D eigenvalue weighted by atomic mass is 32.2. The zero-order valence-electron chi connectivity index (χ0n) is 13.3. The van der Waals surface area contributed by atoms with Gasteiger partial charge in [0.2, 0.25) is 0 Å². The molecule has 0 saturated carbocycles. The van der Waals surface area contributed by atoms with Gasteiger partial charge in [0, 0.05) is 43.4 Å². The van der Waals surface area contributed by atoms with Crippen molar-refractivity contribution in [2.45, 2.75) is 25.0 Å². The number of thioether (sulfide) groups is 1. The Morgan fingerprint density at radius 2 is 2.05 bits per heavy atom. The van der Waals surface area contributed by atoms with E-state index in [9.17, 15) is 4.79 Å². The van der Waals surface area contributed by atoms with Crippen molar-refractivity contribution < 1.29 is 4.79 Å². The first-order valence-electron chi connectivity index (χ1n) is 7.30. The average Bonchev–Trinajstić information content (AvgIpc) is 2.58. The number of carbonyl (C=O) groups is 1. The molecule has 1 aromatic rings. The van der Waals surface area contributed by atoms with Crippen molar-refractivity contribution in [3.8, 4) is 0 Å². The predicted octanol–water partition coefficient (Wildman–Crippen LogP) is 2.69. The first-order valence-corrected chi connectivity index (χ1v) is 8.29. The zero-order valence-corrected chi connectivity index (χ0v) is 14.2. The summed E-state index contributed by atoms with van der Waals surface area (Å²) in [6, 6.07) is 5.58. The van der Waals surface area contributed by atoms with Crippen LogP contribution in [0, 0.1) is 0 Å². The van der Waals surface area contributed by atoms with E-state index in [4.69, 9.17) is 5.73 Å². The highest BCUT2D eigenvalue weighted by molar-refractivity contribution is 8.00. The van der Waals surface area contributed by atoms with Crippen molar-refractivity contribution in [2.75, 3.05) is 43.6 Å². The third-order valence-electron chi connectivity index (χ3n) is 3.84. The lowest BCUT2D eigenvalue weighted by molar-refractivity contribution is 0.0828. The smallest absolute Gasteiger partial charge is 0.255 e. The molecule has 5 heteroatoms. The van der Waals surface area contributed by atoms with Gasteiger partial charge in [0.1, 0.15) is 0 Å². The fraction of sp³-hybridized carbons (Fsp3) is 0.562. The van der Waals surface area contributed by atoms with Gasteiger partial charge in [-0.1, -0.05) is 13.8 Å². The van der Waals surface area contributed by atoms with E-state index in [0.717, 1.165) is 36.5 Å². The predicted molar refractivity (Wildman–Crippen MR) is 92.2 cm³/mol. The van der Waals surface area contributed by atoms with Crippen LogP contribution in [0.25, 0.3) is 0 Å². The topological polar surface area (TPSA) is 49.6 Å². The van der Waals surface area contributed by atoms with Gasteiger partial charge in [-0.15, -0.1) is 0 Å². The molecule has 1 fully saturated rings. The number of hydrogen-bond donors (Lipinski definition) is 1. The Hall–Kier alpha value is -1.36. The summed E-state index contributed by atoms with van der Waals surface area (Å²) in [5.41, 5.74) is 8.35. The number of nitrogens with two attached hydrogens (primary N) is 1. The van der Waals surface area contributed by atoms with Crippen LogP contribution in [0.1, 0.15) is 30.6 Å². The van der Waals surface area contributed by atoms with Gasteiger partial charge in [-0.3, -0.25) is 4.79 Å². The molecular weight excluding hydrogens is 282 g/mol. The Morgan fingerprint density at radius 3 is 2.71 bits per heavy atom. The van der Waals surface area contributed by atoms with Gasteiger partial charge in [0.25, 0.3) is 5.91 Å². The summed E-state index contributed by atoms with van der Waals surface area (Å²) in [5, 5.41) is 0. The van der Waals surface area contributed by atoms with Gasteiger partial charge in [-0.05, 0) is 24.6 Å². The van der Waals surface area contributed by atoms with E-state index in [1.165, 1.54) is 0 Å². The van der Waals surface area contributed by atoms with Crippen LogP contribution in [0.3, 0.4) is 0 Å². The quantitative estimate of drug-likeness (QED) is 0.854. The van der Waals surface area contributed by atoms with Gasteiger partial charge in [-0.2, -0.15) is 11.8 Å². The maximum atomic E-state index is 12.4. The molecule has 116 valence electrons. The van der Waals surface area contributed by atoms with E-state index in [-0.39, 0.29) is 5.91 Å². The molecule has 4 nitrogen and oxygen atoms in total. The second kappa shape index (κ2) is 6.18. The van der Waals surface area contributed by atoms with Crippen LogP contribution >= 0.6 is 11.8 Å². The Bertz CT molecular complexity index is 528. The van der Waals surface area contributed by atoms with Crippen LogP contribution in [0.4, 0.5) is 11.4 Å². The molecule has 1 heterocycles. The molecule has 0 bridgehead atoms. The largest absolute Gasteiger partial charge is 0.399 e. The second-order valence-electron chi connectivity index (χ2n) is 6.32. The number of rotatable bonds is 2. The summed E-state index contributed by atoms with van der Waals surface area (Å²) in [6.07, 6.45) is 1.10. The highest BCUT2D eigenvalue weighted by Gasteiger charge is 2.26. The molecule has 0 spiro atoms. The van der Waals surface area contributed by atoms with Crippen molar-refractivity contribution in [3.63, 3.8) is 0 Å². The molecule has 1 aliphatic heterocycles. The summed E-state index contributed by atoms with van der Waals surface area (Å²) in [7, 11) is 3.56. The monoisotopic (exact) mass is 307 g/mol. The maximum absolute atomic E-state index is 12.4. The van der Waals surface area contributed by atoms with E-state index < -0.39 is 0 Å². The zero-order chi connectivity index (χ0) is 15.6. The summed E-state index contributed by atoms with van der Waals surface area (Å²) >= 11 is 2.00. The number of carbonyl (C=O) groups excluding carboxylic acids is 1. The molecule has 2 rings (SSSR count). The van der Waals surface area contributed by atoms with E-state index in [2.05, 4.69) is 18.7 Å². The Kier molecular flexibility index (Phi) is 4.71. The number of nitrogens with zero attached hydrogens (tertiary/aromatic N) is 2. The minimum Gasteiger partial charge on any atom is -0.399 e. The number of hydrogen-bond acceptors (Lipinski definition) is 4. The SMILES string of the molecule is CN(C)C(=O)c1ccc(N)cc1N1CCSC(C)(C)CC1. The van der Waals surface area contributed by atoms with Crippen molar-refractivity contribution in [1.82, 2.24) is 4.90 Å². The molecule has 1 amide bonds. The summed E-state index contributed by atoms with van der Waals surface area (Å²) in [6.45, 7) is 6.47. The standard InChI is InChI=1S/C16H25N3OS/c1-16(2)7-8-19(9-10-21-16)14-11-12(17)5-6-13(14)15(20)18(3)4/h5-6,11H,7-10,17H2,1-4H3. The van der Waals surface area contributed by atoms with Crippen molar-refractivity contribution in [2.24, 2.45) is 0 Å². The third-order valence-corrected chi connectivity index (χ3v) is 5.21. The second-order valence-corrected chi connectivity index (χ2v) is 8.12. The lowest BCUT2D eigenvalue weighted by atomic mass is 10.1. The molecule has 0 aliphatic carbocycles. The Morgan fingerprint density at radius 1 is 1.33 bits per heavy atom. The average molecular weight is 307 g/mol. The number of nitrogen functional groups attached to an aromatic ring is 1. The molecule has 1 aromatic carbocycles. The lowest BCUT2D eigenvalue weighted by Gasteiger charge is -2.27. The van der Waals surface area contributed by atoms with Gasteiger partial charge in [-0.25, -0.2) is 0 Å². The third kappa shape index (κ3) is 3.84. The molecule has 1 saturated heterocycles. The highest BCUT2D eigenvalue weighted by Crippen LogP contribution is 2.34. The first kappa shape index (κ1) is 16.0.